The summed E-state index contributed by atoms with van der Waals surface area (Å²) in [7, 11) is 0. The first-order valence-electron chi connectivity index (χ1n) is 13.5. The van der Waals surface area contributed by atoms with Crippen LogP contribution in [0.1, 0.15) is 18.4 Å². The van der Waals surface area contributed by atoms with Crippen LogP contribution in [0.5, 0.6) is 0 Å². The normalized spacial score (nSPS) is 16.3. The van der Waals surface area contributed by atoms with Gasteiger partial charge in [-0.15, -0.1) is 6.42 Å². The third-order valence-electron chi connectivity index (χ3n) is 6.11. The Morgan fingerprint density at radius 2 is 1.66 bits per heavy atom. The van der Waals surface area contributed by atoms with Crippen molar-refractivity contribution in [3.63, 3.8) is 0 Å². The monoisotopic (exact) mass is 535 g/mol. The van der Waals surface area contributed by atoms with Gasteiger partial charge in [0.2, 0.25) is 0 Å². The molecule has 1 saturated heterocycles. The average molecular weight is 536 g/mol. The minimum absolute atomic E-state index is 0.161. The number of carbonyl (C=O) groups excluding carboxylic acids is 1. The van der Waals surface area contributed by atoms with Crippen molar-refractivity contribution in [1.29, 1.82) is 0 Å². The molecule has 0 saturated carbocycles. The van der Waals surface area contributed by atoms with E-state index in [1.807, 2.05) is 30.3 Å². The van der Waals surface area contributed by atoms with E-state index < -0.39 is 6.09 Å². The Hall–Kier alpha value is -2.23. The van der Waals surface area contributed by atoms with E-state index in [2.05, 4.69) is 21.0 Å². The molecule has 0 bridgehead atoms. The second-order valence-corrected chi connectivity index (χ2v) is 8.94. The molecule has 10 nitrogen and oxygen atoms in total. The lowest BCUT2D eigenvalue weighted by molar-refractivity contribution is -0.00567. The Balaban J connectivity index is 1.47. The van der Waals surface area contributed by atoms with Crippen LogP contribution in [0.3, 0.4) is 0 Å². The smallest absolute Gasteiger partial charge is 0.407 e. The Kier molecular flexibility index (Phi) is 18.2. The van der Waals surface area contributed by atoms with Gasteiger partial charge in [0.05, 0.1) is 46.2 Å². The number of aliphatic hydroxyl groups excluding tert-OH is 1. The Labute approximate surface area is 227 Å². The minimum Gasteiger partial charge on any atom is -0.445 e. The number of nitrogens with zero attached hydrogens (tertiary/aromatic N) is 2. The topological polar surface area (TPSA) is 102 Å². The number of ether oxygens (including phenoxy) is 5. The van der Waals surface area contributed by atoms with E-state index in [-0.39, 0.29) is 13.2 Å². The maximum atomic E-state index is 11.9. The number of nitrogens with one attached hydrogen (secondary N) is 1. The van der Waals surface area contributed by atoms with Gasteiger partial charge >= 0.3 is 6.09 Å². The third kappa shape index (κ3) is 15.2. The molecule has 2 rings (SSSR count). The molecule has 0 radical (unpaired) electrons. The molecule has 10 heteroatoms. The number of terminal acetylenes is 1. The van der Waals surface area contributed by atoms with E-state index >= 15 is 0 Å². The van der Waals surface area contributed by atoms with Crippen LogP contribution >= 0.6 is 0 Å². The van der Waals surface area contributed by atoms with Crippen molar-refractivity contribution in [2.24, 2.45) is 0 Å². The SMILES string of the molecule is C#CCOCCOCCOCCOCCN1CCN(CCCNC(=O)OCc2ccccc2)C(CCO)C1. The lowest BCUT2D eigenvalue weighted by Gasteiger charge is -2.41. The van der Waals surface area contributed by atoms with Crippen molar-refractivity contribution >= 4 is 6.09 Å². The second kappa shape index (κ2) is 21.7. The summed E-state index contributed by atoms with van der Waals surface area (Å²) < 4.78 is 27.0. The summed E-state index contributed by atoms with van der Waals surface area (Å²) in [6, 6.07) is 9.92. The van der Waals surface area contributed by atoms with E-state index in [0.29, 0.717) is 65.4 Å². The average Bonchev–Trinajstić information content (AvgIpc) is 2.94. The summed E-state index contributed by atoms with van der Waals surface area (Å²) >= 11 is 0. The van der Waals surface area contributed by atoms with Gasteiger partial charge in [-0.1, -0.05) is 36.3 Å². The predicted octanol–water partition coefficient (Wildman–Crippen LogP) is 1.37. The molecule has 1 aromatic rings. The van der Waals surface area contributed by atoms with Crippen molar-refractivity contribution in [3.8, 4) is 12.3 Å². The van der Waals surface area contributed by atoms with Crippen molar-refractivity contribution in [3.05, 3.63) is 35.9 Å². The molecule has 214 valence electrons. The highest BCUT2D eigenvalue weighted by Gasteiger charge is 2.26. The molecule has 1 aliphatic heterocycles. The number of piperazine rings is 1. The molecule has 1 atom stereocenters. The van der Waals surface area contributed by atoms with E-state index in [1.165, 1.54) is 0 Å². The van der Waals surface area contributed by atoms with Crippen LogP contribution in [0.2, 0.25) is 0 Å². The Morgan fingerprint density at radius 3 is 2.34 bits per heavy atom. The first kappa shape index (κ1) is 32.0. The van der Waals surface area contributed by atoms with Crippen LogP contribution in [-0.4, -0.2) is 126 Å². The summed E-state index contributed by atoms with van der Waals surface area (Å²) in [5.74, 6) is 2.41. The predicted molar refractivity (Wildman–Crippen MR) is 145 cm³/mol. The molecule has 1 aliphatic rings. The van der Waals surface area contributed by atoms with Gasteiger partial charge in [0, 0.05) is 51.9 Å². The van der Waals surface area contributed by atoms with Gasteiger partial charge < -0.3 is 34.1 Å². The summed E-state index contributed by atoms with van der Waals surface area (Å²) in [4.78, 5) is 16.7. The Bertz CT molecular complexity index is 763. The molecular weight excluding hydrogens is 490 g/mol. The number of alkyl carbamates (subject to hydrolysis) is 1. The van der Waals surface area contributed by atoms with E-state index in [0.717, 1.165) is 51.1 Å². The van der Waals surface area contributed by atoms with Gasteiger partial charge in [0.25, 0.3) is 0 Å². The number of amides is 1. The first-order chi connectivity index (χ1) is 18.7. The standard InChI is InChI=1S/C28H45N3O7/c1-2-16-34-18-20-36-22-23-37-21-19-35-17-14-30-12-13-31(27(24-30)9-15-32)11-6-10-29-28(33)38-25-26-7-4-3-5-8-26/h1,3-5,7-8,27,32H,6,9-25H2,(H,29,33). The Morgan fingerprint density at radius 1 is 0.974 bits per heavy atom. The van der Waals surface area contributed by atoms with Gasteiger partial charge in [-0.25, -0.2) is 4.79 Å². The zero-order valence-electron chi connectivity index (χ0n) is 22.6. The van der Waals surface area contributed by atoms with Gasteiger partial charge in [-0.3, -0.25) is 9.80 Å². The van der Waals surface area contributed by atoms with E-state index in [9.17, 15) is 9.90 Å². The highest BCUT2D eigenvalue weighted by atomic mass is 16.6. The number of hydrogen-bond acceptors (Lipinski definition) is 9. The second-order valence-electron chi connectivity index (χ2n) is 8.94. The zero-order valence-corrected chi connectivity index (χ0v) is 22.6. The highest BCUT2D eigenvalue weighted by Crippen LogP contribution is 2.13. The van der Waals surface area contributed by atoms with Crippen LogP contribution in [0.4, 0.5) is 4.79 Å². The molecule has 1 heterocycles. The van der Waals surface area contributed by atoms with Crippen molar-refractivity contribution in [1.82, 2.24) is 15.1 Å². The van der Waals surface area contributed by atoms with Crippen molar-refractivity contribution < 1.29 is 33.6 Å². The fraction of sp³-hybridized carbons (Fsp3) is 0.679. The van der Waals surface area contributed by atoms with Crippen molar-refractivity contribution in [2.45, 2.75) is 25.5 Å². The number of benzene rings is 1. The fourth-order valence-electron chi connectivity index (χ4n) is 4.11. The number of aliphatic hydroxyl groups is 1. The maximum absolute atomic E-state index is 11.9. The third-order valence-corrected chi connectivity index (χ3v) is 6.11. The molecule has 0 aromatic heterocycles. The van der Waals surface area contributed by atoms with Crippen LogP contribution in [-0.2, 0) is 30.3 Å². The first-order valence-corrected chi connectivity index (χ1v) is 13.5. The summed E-state index contributed by atoms with van der Waals surface area (Å²) in [5, 5.41) is 12.4. The zero-order chi connectivity index (χ0) is 27.1. The van der Waals surface area contributed by atoms with E-state index in [1.54, 1.807) is 0 Å². The molecule has 0 spiro atoms. The lowest BCUT2D eigenvalue weighted by atomic mass is 10.1. The van der Waals surface area contributed by atoms with Crippen LogP contribution < -0.4 is 5.32 Å². The molecule has 0 aliphatic carbocycles. The molecule has 38 heavy (non-hydrogen) atoms. The van der Waals surface area contributed by atoms with Crippen LogP contribution in [0.25, 0.3) is 0 Å². The quantitative estimate of drug-likeness (QED) is 0.179. The number of carbonyl (C=O) groups is 1. The molecule has 1 unspecified atom stereocenters. The molecule has 1 fully saturated rings. The van der Waals surface area contributed by atoms with Crippen molar-refractivity contribution in [2.75, 3.05) is 98.7 Å². The summed E-state index contributed by atoms with van der Waals surface area (Å²) in [6.45, 7) is 9.56. The van der Waals surface area contributed by atoms with Gasteiger partial charge in [-0.05, 0) is 18.4 Å². The summed E-state index contributed by atoms with van der Waals surface area (Å²) in [5.41, 5.74) is 0.965. The van der Waals surface area contributed by atoms with Gasteiger partial charge in [-0.2, -0.15) is 0 Å². The van der Waals surface area contributed by atoms with Gasteiger partial charge in [0.1, 0.15) is 13.2 Å². The number of hydrogen-bond donors (Lipinski definition) is 2. The van der Waals surface area contributed by atoms with Gasteiger partial charge in [0.15, 0.2) is 0 Å². The van der Waals surface area contributed by atoms with E-state index in [4.69, 9.17) is 30.1 Å². The summed E-state index contributed by atoms with van der Waals surface area (Å²) in [6.07, 6.45) is 6.26. The van der Waals surface area contributed by atoms with Crippen LogP contribution in [0, 0.1) is 12.3 Å². The molecule has 1 aromatic carbocycles. The highest BCUT2D eigenvalue weighted by molar-refractivity contribution is 5.67. The minimum atomic E-state index is -0.397. The fourth-order valence-corrected chi connectivity index (χ4v) is 4.11. The molecule has 2 N–H and O–H groups in total. The maximum Gasteiger partial charge on any atom is 0.407 e. The largest absolute Gasteiger partial charge is 0.445 e. The van der Waals surface area contributed by atoms with Crippen LogP contribution in [0.15, 0.2) is 30.3 Å². The lowest BCUT2D eigenvalue weighted by Crippen LogP contribution is -2.54. The number of rotatable bonds is 21. The molecule has 1 amide bonds. The molecular formula is C28H45N3O7.